The third-order valence-corrected chi connectivity index (χ3v) is 3.83. The minimum atomic E-state index is -4.27. The van der Waals surface area contributed by atoms with Gasteiger partial charge in [0.2, 0.25) is 0 Å². The van der Waals surface area contributed by atoms with Gasteiger partial charge in [-0.05, 0) is 5.56 Å². The van der Waals surface area contributed by atoms with Gasteiger partial charge in [-0.3, -0.25) is 9.80 Å². The summed E-state index contributed by atoms with van der Waals surface area (Å²) < 4.78 is 40.6. The molecule has 0 radical (unpaired) electrons. The second-order valence-electron chi connectivity index (χ2n) is 5.49. The van der Waals surface area contributed by atoms with Crippen molar-refractivity contribution in [3.05, 3.63) is 35.9 Å². The molecule has 0 aliphatic carbocycles. The van der Waals surface area contributed by atoms with E-state index in [-0.39, 0.29) is 12.6 Å². The number of ether oxygens (including phenoxy) is 1. The van der Waals surface area contributed by atoms with E-state index >= 15 is 0 Å². The van der Waals surface area contributed by atoms with E-state index in [4.69, 9.17) is 0 Å². The number of hydrogen-bond acceptors (Lipinski definition) is 4. The highest BCUT2D eigenvalue weighted by Gasteiger charge is 2.28. The molecule has 1 heterocycles. The van der Waals surface area contributed by atoms with Gasteiger partial charge < -0.3 is 4.74 Å². The van der Waals surface area contributed by atoms with Gasteiger partial charge in [-0.25, -0.2) is 0 Å². The molecular formula is C16H20F3N3O. The molecule has 7 heteroatoms. The fraction of sp³-hybridized carbons (Fsp3) is 0.562. The lowest BCUT2D eigenvalue weighted by molar-refractivity contribution is -0.174. The SMILES string of the molecule is N#C[C@H](c1ccccc1)N1CCN(CCOCC(F)(F)F)CC1. The summed E-state index contributed by atoms with van der Waals surface area (Å²) in [5.74, 6) is 0. The van der Waals surface area contributed by atoms with Crippen LogP contribution in [0.25, 0.3) is 0 Å². The first kappa shape index (κ1) is 17.7. The van der Waals surface area contributed by atoms with Gasteiger partial charge >= 0.3 is 6.18 Å². The van der Waals surface area contributed by atoms with Crippen LogP contribution in [0.5, 0.6) is 0 Å². The molecule has 0 N–H and O–H groups in total. The molecule has 2 rings (SSSR count). The third kappa shape index (κ3) is 5.82. The van der Waals surface area contributed by atoms with Crippen molar-refractivity contribution in [1.82, 2.24) is 9.80 Å². The molecule has 0 aromatic heterocycles. The Kier molecular flexibility index (Phi) is 6.39. The highest BCUT2D eigenvalue weighted by atomic mass is 19.4. The Morgan fingerprint density at radius 2 is 1.78 bits per heavy atom. The predicted molar refractivity (Wildman–Crippen MR) is 79.7 cm³/mol. The zero-order valence-electron chi connectivity index (χ0n) is 12.8. The molecule has 126 valence electrons. The number of halogens is 3. The molecule has 1 atom stereocenters. The van der Waals surface area contributed by atoms with Crippen LogP contribution >= 0.6 is 0 Å². The van der Waals surface area contributed by atoms with Gasteiger partial charge in [-0.2, -0.15) is 18.4 Å². The normalized spacial score (nSPS) is 18.5. The van der Waals surface area contributed by atoms with Gasteiger partial charge in [0.1, 0.15) is 12.6 Å². The molecule has 0 spiro atoms. The van der Waals surface area contributed by atoms with Crippen LogP contribution in [0.3, 0.4) is 0 Å². The van der Waals surface area contributed by atoms with Crippen molar-refractivity contribution < 1.29 is 17.9 Å². The lowest BCUT2D eigenvalue weighted by atomic mass is 10.1. The van der Waals surface area contributed by atoms with Crippen molar-refractivity contribution in [3.63, 3.8) is 0 Å². The maximum absolute atomic E-state index is 12.0. The average Bonchev–Trinajstić information content (AvgIpc) is 2.54. The Morgan fingerprint density at radius 1 is 1.13 bits per heavy atom. The van der Waals surface area contributed by atoms with Gasteiger partial charge in [0.15, 0.2) is 0 Å². The molecule has 1 saturated heterocycles. The van der Waals surface area contributed by atoms with Gasteiger partial charge in [0, 0.05) is 32.7 Å². The van der Waals surface area contributed by atoms with Crippen molar-refractivity contribution in [2.24, 2.45) is 0 Å². The summed E-state index contributed by atoms with van der Waals surface area (Å²) in [5, 5.41) is 9.42. The summed E-state index contributed by atoms with van der Waals surface area (Å²) in [5.41, 5.74) is 0.969. The minimum Gasteiger partial charge on any atom is -0.371 e. The van der Waals surface area contributed by atoms with Crippen LogP contribution in [0.1, 0.15) is 11.6 Å². The Morgan fingerprint density at radius 3 is 2.35 bits per heavy atom. The lowest BCUT2D eigenvalue weighted by Gasteiger charge is -2.36. The van der Waals surface area contributed by atoms with Gasteiger partial charge in [-0.1, -0.05) is 30.3 Å². The van der Waals surface area contributed by atoms with Crippen LogP contribution in [-0.4, -0.2) is 61.9 Å². The fourth-order valence-corrected chi connectivity index (χ4v) is 2.63. The smallest absolute Gasteiger partial charge is 0.371 e. The largest absolute Gasteiger partial charge is 0.411 e. The van der Waals surface area contributed by atoms with Crippen molar-refractivity contribution in [2.75, 3.05) is 45.9 Å². The summed E-state index contributed by atoms with van der Waals surface area (Å²) in [7, 11) is 0. The molecular weight excluding hydrogens is 307 g/mol. The zero-order chi connectivity index (χ0) is 16.7. The molecule has 0 unspecified atom stereocenters. The number of benzene rings is 1. The first-order valence-corrected chi connectivity index (χ1v) is 7.55. The second-order valence-corrected chi connectivity index (χ2v) is 5.49. The van der Waals surface area contributed by atoms with E-state index in [1.165, 1.54) is 0 Å². The molecule has 4 nitrogen and oxygen atoms in total. The molecule has 0 saturated carbocycles. The maximum Gasteiger partial charge on any atom is 0.411 e. The number of rotatable bonds is 6. The van der Waals surface area contributed by atoms with Crippen LogP contribution in [-0.2, 0) is 4.74 Å². The monoisotopic (exact) mass is 327 g/mol. The van der Waals surface area contributed by atoms with E-state index in [0.717, 1.165) is 18.7 Å². The maximum atomic E-state index is 12.0. The molecule has 1 aliphatic heterocycles. The Balaban J connectivity index is 1.74. The van der Waals surface area contributed by atoms with Crippen LogP contribution in [0, 0.1) is 11.3 Å². The molecule has 0 amide bonds. The van der Waals surface area contributed by atoms with E-state index < -0.39 is 12.8 Å². The van der Waals surface area contributed by atoms with Crippen molar-refractivity contribution in [1.29, 1.82) is 5.26 Å². The number of hydrogen-bond donors (Lipinski definition) is 0. The van der Waals surface area contributed by atoms with Gasteiger partial charge in [0.05, 0.1) is 12.7 Å². The molecule has 23 heavy (non-hydrogen) atoms. The van der Waals surface area contributed by atoms with Crippen molar-refractivity contribution >= 4 is 0 Å². The van der Waals surface area contributed by atoms with E-state index in [1.807, 2.05) is 30.3 Å². The summed E-state index contributed by atoms with van der Waals surface area (Å²) in [6, 6.07) is 11.7. The third-order valence-electron chi connectivity index (χ3n) is 3.83. The quantitative estimate of drug-likeness (QED) is 0.753. The van der Waals surface area contributed by atoms with Crippen molar-refractivity contribution in [2.45, 2.75) is 12.2 Å². The fourth-order valence-electron chi connectivity index (χ4n) is 2.63. The number of nitriles is 1. The van der Waals surface area contributed by atoms with E-state index in [1.54, 1.807) is 0 Å². The first-order valence-electron chi connectivity index (χ1n) is 7.55. The Labute approximate surface area is 134 Å². The standard InChI is InChI=1S/C16H20F3N3O/c17-16(18,19)13-23-11-10-21-6-8-22(9-7-21)15(12-20)14-4-2-1-3-5-14/h1-5,15H,6-11,13H2/t15-/m1/s1. The lowest BCUT2D eigenvalue weighted by Crippen LogP contribution is -2.48. The second kappa shape index (κ2) is 8.29. The van der Waals surface area contributed by atoms with E-state index in [0.29, 0.717) is 19.6 Å². The molecule has 0 bridgehead atoms. The molecule has 1 fully saturated rings. The number of nitrogens with zero attached hydrogens (tertiary/aromatic N) is 3. The van der Waals surface area contributed by atoms with Crippen LogP contribution in [0.15, 0.2) is 30.3 Å². The Bertz CT molecular complexity index is 508. The molecule has 1 aromatic carbocycles. The molecule has 1 aromatic rings. The van der Waals surface area contributed by atoms with Crippen LogP contribution in [0.2, 0.25) is 0 Å². The highest BCUT2D eigenvalue weighted by Crippen LogP contribution is 2.21. The summed E-state index contributed by atoms with van der Waals surface area (Å²) in [4.78, 5) is 4.16. The van der Waals surface area contributed by atoms with Crippen LogP contribution < -0.4 is 0 Å². The van der Waals surface area contributed by atoms with E-state index in [2.05, 4.69) is 20.6 Å². The zero-order valence-corrected chi connectivity index (χ0v) is 12.8. The predicted octanol–water partition coefficient (Wildman–Crippen LogP) is 2.45. The van der Waals surface area contributed by atoms with Crippen molar-refractivity contribution in [3.8, 4) is 6.07 Å². The highest BCUT2D eigenvalue weighted by molar-refractivity contribution is 5.24. The summed E-state index contributed by atoms with van der Waals surface area (Å²) in [6.45, 7) is 2.23. The average molecular weight is 327 g/mol. The number of alkyl halides is 3. The van der Waals surface area contributed by atoms with Crippen LogP contribution in [0.4, 0.5) is 13.2 Å². The first-order chi connectivity index (χ1) is 11.0. The number of piperazine rings is 1. The van der Waals surface area contributed by atoms with Gasteiger partial charge in [0.25, 0.3) is 0 Å². The summed E-state index contributed by atoms with van der Waals surface area (Å²) >= 11 is 0. The molecule has 1 aliphatic rings. The van der Waals surface area contributed by atoms with E-state index in [9.17, 15) is 18.4 Å². The Hall–Kier alpha value is -1.62. The summed E-state index contributed by atoms with van der Waals surface area (Å²) in [6.07, 6.45) is -4.27. The minimum absolute atomic E-state index is 0.0693. The van der Waals surface area contributed by atoms with Gasteiger partial charge in [-0.15, -0.1) is 0 Å². The topological polar surface area (TPSA) is 39.5 Å².